The summed E-state index contributed by atoms with van der Waals surface area (Å²) >= 11 is 0. The maximum atomic E-state index is 13.3. The summed E-state index contributed by atoms with van der Waals surface area (Å²) in [5.41, 5.74) is 2.64. The van der Waals surface area contributed by atoms with Gasteiger partial charge in [0.25, 0.3) is 0 Å². The monoisotopic (exact) mass is 436 g/mol. The Bertz CT molecular complexity index is 1060. The highest BCUT2D eigenvalue weighted by atomic mass is 16.5. The van der Waals surface area contributed by atoms with Crippen LogP contribution in [0, 0.1) is 6.92 Å². The number of hydrogen-bond acceptors (Lipinski definition) is 6. The molecule has 2 amide bonds. The summed E-state index contributed by atoms with van der Waals surface area (Å²) in [6.45, 7) is 6.28. The summed E-state index contributed by atoms with van der Waals surface area (Å²) in [5.74, 6) is 0.615. The van der Waals surface area contributed by atoms with E-state index in [9.17, 15) is 9.59 Å². The number of amides is 2. The molecule has 1 aromatic carbocycles. The highest BCUT2D eigenvalue weighted by molar-refractivity contribution is 5.91. The molecule has 1 fully saturated rings. The van der Waals surface area contributed by atoms with Crippen molar-refractivity contribution in [2.75, 3.05) is 6.54 Å². The normalized spacial score (nSPS) is 17.8. The molecule has 4 rings (SSSR count). The lowest BCUT2D eigenvalue weighted by molar-refractivity contribution is -0.140. The van der Waals surface area contributed by atoms with Crippen molar-refractivity contribution >= 4 is 11.8 Å². The number of likely N-dealkylation sites (tertiary alicyclic amines) is 1. The van der Waals surface area contributed by atoms with Gasteiger partial charge in [0, 0.05) is 18.2 Å². The Balaban J connectivity index is 1.42. The van der Waals surface area contributed by atoms with Crippen LogP contribution in [0.2, 0.25) is 0 Å². The fourth-order valence-electron chi connectivity index (χ4n) is 4.24. The van der Waals surface area contributed by atoms with Gasteiger partial charge in [-0.25, -0.2) is 4.98 Å². The second kappa shape index (κ2) is 9.38. The van der Waals surface area contributed by atoms with Crippen molar-refractivity contribution in [3.05, 3.63) is 59.9 Å². The highest BCUT2D eigenvalue weighted by Crippen LogP contribution is 2.28. The van der Waals surface area contributed by atoms with E-state index < -0.39 is 12.0 Å². The number of nitrogens with zero attached hydrogens (tertiary/aromatic N) is 3. The van der Waals surface area contributed by atoms with Crippen LogP contribution in [0.3, 0.4) is 0 Å². The maximum absolute atomic E-state index is 13.3. The molecule has 1 aliphatic rings. The molecular weight excluding hydrogens is 408 g/mol. The number of benzene rings is 1. The molecule has 3 atom stereocenters. The van der Waals surface area contributed by atoms with Crippen molar-refractivity contribution in [1.29, 1.82) is 0 Å². The Morgan fingerprint density at radius 3 is 2.69 bits per heavy atom. The molecule has 0 radical (unpaired) electrons. The van der Waals surface area contributed by atoms with Crippen molar-refractivity contribution in [2.24, 2.45) is 0 Å². The van der Waals surface area contributed by atoms with Crippen LogP contribution in [0.5, 0.6) is 0 Å². The van der Waals surface area contributed by atoms with E-state index in [1.165, 1.54) is 6.39 Å². The molecule has 168 valence electrons. The van der Waals surface area contributed by atoms with Crippen molar-refractivity contribution < 1.29 is 18.5 Å². The third-order valence-corrected chi connectivity index (χ3v) is 6.02. The Morgan fingerprint density at radius 1 is 1.28 bits per heavy atom. The molecule has 8 heteroatoms. The molecule has 1 N–H and O–H groups in total. The third kappa shape index (κ3) is 4.44. The molecule has 3 heterocycles. The fourth-order valence-corrected chi connectivity index (χ4v) is 4.24. The van der Waals surface area contributed by atoms with E-state index in [0.29, 0.717) is 30.9 Å². The van der Waals surface area contributed by atoms with Crippen LogP contribution >= 0.6 is 0 Å². The second-order valence-corrected chi connectivity index (χ2v) is 8.24. The van der Waals surface area contributed by atoms with Crippen LogP contribution < -0.4 is 5.32 Å². The van der Waals surface area contributed by atoms with Gasteiger partial charge in [0.1, 0.15) is 11.8 Å². The third-order valence-electron chi connectivity index (χ3n) is 6.02. The van der Waals surface area contributed by atoms with Gasteiger partial charge in [-0.1, -0.05) is 36.3 Å². The molecule has 1 saturated heterocycles. The smallest absolute Gasteiger partial charge is 0.243 e. The Hall–Kier alpha value is -3.42. The van der Waals surface area contributed by atoms with Gasteiger partial charge in [-0.2, -0.15) is 0 Å². The van der Waals surface area contributed by atoms with Crippen LogP contribution in [0.15, 0.2) is 51.9 Å². The lowest BCUT2D eigenvalue weighted by Gasteiger charge is -2.28. The van der Waals surface area contributed by atoms with Crippen molar-refractivity contribution in [1.82, 2.24) is 20.4 Å². The van der Waals surface area contributed by atoms with E-state index in [0.717, 1.165) is 23.2 Å². The minimum atomic E-state index is -0.475. The molecule has 2 aromatic heterocycles. The number of aryl methyl sites for hydroxylation is 1. The number of rotatable bonds is 7. The summed E-state index contributed by atoms with van der Waals surface area (Å²) in [4.78, 5) is 32.0. The molecule has 0 spiro atoms. The quantitative estimate of drug-likeness (QED) is 0.601. The number of carbonyl (C=O) groups is 2. The van der Waals surface area contributed by atoms with Crippen LogP contribution in [-0.2, 0) is 9.59 Å². The Kier molecular flexibility index (Phi) is 6.39. The molecule has 8 nitrogen and oxygen atoms in total. The predicted molar refractivity (Wildman–Crippen MR) is 118 cm³/mol. The molecule has 32 heavy (non-hydrogen) atoms. The number of nitrogens with one attached hydrogen (secondary N) is 1. The zero-order valence-electron chi connectivity index (χ0n) is 18.6. The first-order valence-corrected chi connectivity index (χ1v) is 11.0. The predicted octanol–water partition coefficient (Wildman–Crippen LogP) is 4.00. The first-order chi connectivity index (χ1) is 15.5. The number of carbonyl (C=O) groups excluding carboxylic acids is 2. The van der Waals surface area contributed by atoms with E-state index in [1.54, 1.807) is 17.2 Å². The average molecular weight is 437 g/mol. The molecule has 0 unspecified atom stereocenters. The fraction of sp³-hybridized carbons (Fsp3) is 0.417. The summed E-state index contributed by atoms with van der Waals surface area (Å²) < 4.78 is 10.7. The Morgan fingerprint density at radius 2 is 2.06 bits per heavy atom. The summed E-state index contributed by atoms with van der Waals surface area (Å²) in [6, 6.07) is 8.92. The summed E-state index contributed by atoms with van der Waals surface area (Å²) in [5, 5.41) is 6.98. The first-order valence-electron chi connectivity index (χ1n) is 11.0. The van der Waals surface area contributed by atoms with Gasteiger partial charge < -0.3 is 19.2 Å². The molecule has 1 aliphatic heterocycles. The van der Waals surface area contributed by atoms with E-state index in [4.69, 9.17) is 8.94 Å². The average Bonchev–Trinajstić information content (AvgIpc) is 3.56. The van der Waals surface area contributed by atoms with Gasteiger partial charge in [-0.3, -0.25) is 9.59 Å². The number of aromatic nitrogens is 2. The van der Waals surface area contributed by atoms with E-state index in [2.05, 4.69) is 15.5 Å². The minimum absolute atomic E-state index is 0.0784. The van der Waals surface area contributed by atoms with E-state index >= 15 is 0 Å². The summed E-state index contributed by atoms with van der Waals surface area (Å²) in [7, 11) is 0. The number of hydrogen-bond donors (Lipinski definition) is 1. The van der Waals surface area contributed by atoms with Gasteiger partial charge >= 0.3 is 0 Å². The number of oxazole rings is 1. The van der Waals surface area contributed by atoms with E-state index in [1.807, 2.05) is 45.0 Å². The molecular formula is C24H28N4O4. The minimum Gasteiger partial charge on any atom is -0.444 e. The van der Waals surface area contributed by atoms with Crippen molar-refractivity contribution in [3.8, 4) is 11.3 Å². The largest absolute Gasteiger partial charge is 0.444 e. The van der Waals surface area contributed by atoms with Crippen LogP contribution in [0.4, 0.5) is 0 Å². The standard InChI is InChI=1S/C24H28N4O4/c1-4-19(21-12-15(2)27-32-21)24(30)28-11-5-6-20(28)23(29)26-16(3)17-7-9-18(10-8-17)22-13-25-14-31-22/h7-10,12-14,16,19-20H,4-6,11H2,1-3H3,(H,26,29)/t16-,19+,20-/m0/s1. The van der Waals surface area contributed by atoms with Gasteiger partial charge in [-0.05, 0) is 38.7 Å². The van der Waals surface area contributed by atoms with Gasteiger partial charge in [-0.15, -0.1) is 0 Å². The first kappa shape index (κ1) is 21.8. The molecule has 3 aromatic rings. The van der Waals surface area contributed by atoms with Crippen molar-refractivity contribution in [3.63, 3.8) is 0 Å². The highest BCUT2D eigenvalue weighted by Gasteiger charge is 2.38. The summed E-state index contributed by atoms with van der Waals surface area (Å²) in [6.07, 6.45) is 5.10. The molecule has 0 bridgehead atoms. The zero-order chi connectivity index (χ0) is 22.7. The SMILES string of the molecule is CC[C@@H](C(=O)N1CCC[C@H]1C(=O)N[C@@H](C)c1ccc(-c2cnco2)cc1)c1cc(C)no1. The lowest BCUT2D eigenvalue weighted by atomic mass is 10.0. The van der Waals surface area contributed by atoms with Crippen LogP contribution in [0.1, 0.15) is 62.1 Å². The maximum Gasteiger partial charge on any atom is 0.243 e. The molecule has 0 aliphatic carbocycles. The second-order valence-electron chi connectivity index (χ2n) is 8.24. The van der Waals surface area contributed by atoms with Gasteiger partial charge in [0.15, 0.2) is 12.2 Å². The van der Waals surface area contributed by atoms with Gasteiger partial charge in [0.05, 0.1) is 23.9 Å². The molecule has 0 saturated carbocycles. The lowest BCUT2D eigenvalue weighted by Crippen LogP contribution is -2.47. The van der Waals surface area contributed by atoms with Crippen molar-refractivity contribution in [2.45, 2.75) is 58.0 Å². The Labute approximate surface area is 187 Å². The van der Waals surface area contributed by atoms with Crippen LogP contribution in [0.25, 0.3) is 11.3 Å². The topological polar surface area (TPSA) is 101 Å². The van der Waals surface area contributed by atoms with Crippen LogP contribution in [-0.4, -0.2) is 39.4 Å². The van der Waals surface area contributed by atoms with Gasteiger partial charge in [0.2, 0.25) is 11.8 Å². The zero-order valence-corrected chi connectivity index (χ0v) is 18.6. The van der Waals surface area contributed by atoms with E-state index in [-0.39, 0.29) is 17.9 Å².